The van der Waals surface area contributed by atoms with Crippen LogP contribution in [0.3, 0.4) is 0 Å². The largest absolute Gasteiger partial charge is 0.356 e. The van der Waals surface area contributed by atoms with Crippen molar-refractivity contribution in [2.75, 3.05) is 39.5 Å². The molecule has 148 valence electrons. The Hall–Kier alpha value is -1.67. The molecule has 0 aliphatic heterocycles. The number of nitrogens with one attached hydrogen (secondary N) is 2. The monoisotopic (exact) mass is 386 g/mol. The SMILES string of the molecule is CCN(CC)CCCNC(=NC)NCc1cc(F)ccc1CS(C)(=O)=O. The number of benzene rings is 1. The highest BCUT2D eigenvalue weighted by Crippen LogP contribution is 2.14. The van der Waals surface area contributed by atoms with Crippen molar-refractivity contribution in [3.05, 3.63) is 35.1 Å². The summed E-state index contributed by atoms with van der Waals surface area (Å²) in [6.07, 6.45) is 2.16. The minimum Gasteiger partial charge on any atom is -0.356 e. The summed E-state index contributed by atoms with van der Waals surface area (Å²) in [4.78, 5) is 6.50. The predicted molar refractivity (Wildman–Crippen MR) is 106 cm³/mol. The van der Waals surface area contributed by atoms with Crippen molar-refractivity contribution in [2.45, 2.75) is 32.6 Å². The molecule has 1 aromatic rings. The van der Waals surface area contributed by atoms with E-state index in [2.05, 4.69) is 34.4 Å². The van der Waals surface area contributed by atoms with Crippen LogP contribution in [0.1, 0.15) is 31.4 Å². The lowest BCUT2D eigenvalue weighted by Gasteiger charge is -2.18. The van der Waals surface area contributed by atoms with Crippen LogP contribution in [0.5, 0.6) is 0 Å². The molecule has 0 bridgehead atoms. The molecule has 1 rings (SSSR count). The van der Waals surface area contributed by atoms with Gasteiger partial charge in [-0.1, -0.05) is 19.9 Å². The predicted octanol–water partition coefficient (Wildman–Crippen LogP) is 1.77. The number of aliphatic imine (C=N–C) groups is 1. The molecule has 2 N–H and O–H groups in total. The molecule has 0 aliphatic rings. The summed E-state index contributed by atoms with van der Waals surface area (Å²) in [7, 11) is -1.52. The molecule has 0 unspecified atom stereocenters. The van der Waals surface area contributed by atoms with Crippen molar-refractivity contribution in [1.82, 2.24) is 15.5 Å². The van der Waals surface area contributed by atoms with Crippen LogP contribution in [0.25, 0.3) is 0 Å². The highest BCUT2D eigenvalue weighted by Gasteiger charge is 2.11. The number of hydrogen-bond donors (Lipinski definition) is 2. The maximum atomic E-state index is 13.5. The Morgan fingerprint density at radius 3 is 2.46 bits per heavy atom. The van der Waals surface area contributed by atoms with Crippen LogP contribution >= 0.6 is 0 Å². The second kappa shape index (κ2) is 11.1. The van der Waals surface area contributed by atoms with E-state index in [9.17, 15) is 12.8 Å². The van der Waals surface area contributed by atoms with Crippen LogP contribution in [0.4, 0.5) is 4.39 Å². The smallest absolute Gasteiger partial charge is 0.191 e. The molecule has 0 aromatic heterocycles. The third kappa shape index (κ3) is 8.62. The Labute approximate surface area is 156 Å². The summed E-state index contributed by atoms with van der Waals surface area (Å²) in [6.45, 7) is 8.44. The zero-order valence-corrected chi connectivity index (χ0v) is 17.0. The van der Waals surface area contributed by atoms with E-state index < -0.39 is 9.84 Å². The first kappa shape index (κ1) is 22.4. The van der Waals surface area contributed by atoms with Gasteiger partial charge in [-0.05, 0) is 49.3 Å². The van der Waals surface area contributed by atoms with Crippen molar-refractivity contribution in [1.29, 1.82) is 0 Å². The third-order valence-corrected chi connectivity index (χ3v) is 4.93. The van der Waals surface area contributed by atoms with Crippen LogP contribution in [0, 0.1) is 5.82 Å². The average Bonchev–Trinajstić information content (AvgIpc) is 2.58. The zero-order chi connectivity index (χ0) is 19.6. The van der Waals surface area contributed by atoms with E-state index in [0.717, 1.165) is 32.6 Å². The first-order valence-electron chi connectivity index (χ1n) is 8.91. The topological polar surface area (TPSA) is 73.8 Å². The molecular weight excluding hydrogens is 355 g/mol. The molecule has 0 radical (unpaired) electrons. The number of sulfone groups is 1. The van der Waals surface area contributed by atoms with Crippen LogP contribution in [-0.4, -0.2) is 58.8 Å². The number of hydrogen-bond acceptors (Lipinski definition) is 4. The lowest BCUT2D eigenvalue weighted by molar-refractivity contribution is 0.300. The molecule has 0 saturated carbocycles. The first-order valence-corrected chi connectivity index (χ1v) is 11.0. The molecule has 0 aliphatic carbocycles. The minimum absolute atomic E-state index is 0.111. The van der Waals surface area contributed by atoms with Gasteiger partial charge in [0.25, 0.3) is 0 Å². The molecule has 0 amide bonds. The number of rotatable bonds is 10. The number of nitrogens with zero attached hydrogens (tertiary/aromatic N) is 2. The van der Waals surface area contributed by atoms with Gasteiger partial charge in [0.2, 0.25) is 0 Å². The molecule has 26 heavy (non-hydrogen) atoms. The van der Waals surface area contributed by atoms with Crippen LogP contribution in [0.2, 0.25) is 0 Å². The fraction of sp³-hybridized carbons (Fsp3) is 0.611. The maximum Gasteiger partial charge on any atom is 0.191 e. The Kier molecular flexibility index (Phi) is 9.58. The van der Waals surface area contributed by atoms with Crippen molar-refractivity contribution in [2.24, 2.45) is 4.99 Å². The lowest BCUT2D eigenvalue weighted by Crippen LogP contribution is -2.38. The number of halogens is 1. The third-order valence-electron chi connectivity index (χ3n) is 4.09. The van der Waals surface area contributed by atoms with Crippen molar-refractivity contribution >= 4 is 15.8 Å². The quantitative estimate of drug-likeness (QED) is 0.364. The van der Waals surface area contributed by atoms with Gasteiger partial charge in [0, 0.05) is 26.4 Å². The summed E-state index contributed by atoms with van der Waals surface area (Å²) >= 11 is 0. The van der Waals surface area contributed by atoms with Gasteiger partial charge in [0.1, 0.15) is 5.82 Å². The van der Waals surface area contributed by atoms with Crippen molar-refractivity contribution in [3.8, 4) is 0 Å². The number of guanidine groups is 1. The Morgan fingerprint density at radius 1 is 1.19 bits per heavy atom. The van der Waals surface area contributed by atoms with Gasteiger partial charge in [0.05, 0.1) is 5.75 Å². The summed E-state index contributed by atoms with van der Waals surface area (Å²) in [5.74, 6) is 0.112. The molecular formula is C18H31FN4O2S. The van der Waals surface area contributed by atoms with Gasteiger partial charge in [-0.2, -0.15) is 0 Å². The van der Waals surface area contributed by atoms with Crippen molar-refractivity contribution < 1.29 is 12.8 Å². The van der Waals surface area contributed by atoms with Gasteiger partial charge in [-0.25, -0.2) is 12.8 Å². The second-order valence-corrected chi connectivity index (χ2v) is 8.36. The molecule has 8 heteroatoms. The van der Waals surface area contributed by atoms with Gasteiger partial charge in [0.15, 0.2) is 15.8 Å². The van der Waals surface area contributed by atoms with Gasteiger partial charge < -0.3 is 15.5 Å². The minimum atomic E-state index is -3.19. The maximum absolute atomic E-state index is 13.5. The van der Waals surface area contributed by atoms with Crippen molar-refractivity contribution in [3.63, 3.8) is 0 Å². The fourth-order valence-corrected chi connectivity index (χ4v) is 3.48. The Bertz CT molecular complexity index is 688. The van der Waals surface area contributed by atoms with E-state index in [-0.39, 0.29) is 11.6 Å². The van der Waals surface area contributed by atoms with Gasteiger partial charge in [-0.3, -0.25) is 4.99 Å². The molecule has 0 spiro atoms. The van der Waals surface area contributed by atoms with Gasteiger partial charge >= 0.3 is 0 Å². The molecule has 0 atom stereocenters. The fourth-order valence-electron chi connectivity index (χ4n) is 2.63. The summed E-state index contributed by atoms with van der Waals surface area (Å²) < 4.78 is 36.7. The zero-order valence-electron chi connectivity index (χ0n) is 16.2. The second-order valence-electron chi connectivity index (χ2n) is 6.22. The van der Waals surface area contributed by atoms with E-state index in [1.54, 1.807) is 7.05 Å². The van der Waals surface area contributed by atoms with E-state index >= 15 is 0 Å². The Morgan fingerprint density at radius 2 is 1.88 bits per heavy atom. The summed E-state index contributed by atoms with van der Waals surface area (Å²) in [6, 6.07) is 4.17. The van der Waals surface area contributed by atoms with Crippen LogP contribution in [-0.2, 0) is 22.1 Å². The van der Waals surface area contributed by atoms with Gasteiger partial charge in [-0.15, -0.1) is 0 Å². The molecule has 1 aromatic carbocycles. The normalized spacial score (nSPS) is 12.5. The van der Waals surface area contributed by atoms with Crippen LogP contribution < -0.4 is 10.6 Å². The first-order chi connectivity index (χ1) is 12.3. The molecule has 6 nitrogen and oxygen atoms in total. The van der Waals surface area contributed by atoms with E-state index in [1.807, 2.05) is 0 Å². The Balaban J connectivity index is 2.59. The summed E-state index contributed by atoms with van der Waals surface area (Å²) in [5.41, 5.74) is 1.21. The highest BCUT2D eigenvalue weighted by atomic mass is 32.2. The standard InChI is InChI=1S/C18H31FN4O2S/c1-5-23(6-2)11-7-10-21-18(20-3)22-13-16-12-17(19)9-8-15(16)14-26(4,24)25/h8-9,12H,5-7,10-11,13-14H2,1-4H3,(H2,20,21,22). The summed E-state index contributed by atoms with van der Waals surface area (Å²) in [5, 5.41) is 6.34. The molecule has 0 saturated heterocycles. The van der Waals surface area contributed by atoms with E-state index in [0.29, 0.717) is 23.6 Å². The van der Waals surface area contributed by atoms with E-state index in [1.165, 1.54) is 24.5 Å². The van der Waals surface area contributed by atoms with E-state index in [4.69, 9.17) is 0 Å². The average molecular weight is 387 g/mol. The van der Waals surface area contributed by atoms with Crippen LogP contribution in [0.15, 0.2) is 23.2 Å². The molecule has 0 fully saturated rings. The molecule has 0 heterocycles. The lowest BCUT2D eigenvalue weighted by atomic mass is 10.1. The highest BCUT2D eigenvalue weighted by molar-refractivity contribution is 7.89.